The van der Waals surface area contributed by atoms with Gasteiger partial charge in [-0.2, -0.15) is 5.26 Å². The molecular formula is C17H20N2O4. The van der Waals surface area contributed by atoms with E-state index in [9.17, 15) is 4.79 Å². The number of ether oxygens (including phenoxy) is 3. The van der Waals surface area contributed by atoms with Crippen molar-refractivity contribution >= 4 is 12.0 Å². The maximum atomic E-state index is 12.3. The zero-order valence-electron chi connectivity index (χ0n) is 13.3. The monoisotopic (exact) mass is 316 g/mol. The third-order valence-electron chi connectivity index (χ3n) is 3.47. The largest absolute Gasteiger partial charge is 0.493 e. The van der Waals surface area contributed by atoms with E-state index in [4.69, 9.17) is 19.5 Å². The summed E-state index contributed by atoms with van der Waals surface area (Å²) in [5, 5.41) is 9.07. The zero-order chi connectivity index (χ0) is 16.7. The van der Waals surface area contributed by atoms with Gasteiger partial charge in [0.1, 0.15) is 6.04 Å². The number of hydrogen-bond donors (Lipinski definition) is 0. The molecule has 2 rings (SSSR count). The molecule has 6 heteroatoms. The fraction of sp³-hybridized carbons (Fsp3) is 0.412. The van der Waals surface area contributed by atoms with Crippen LogP contribution in [0.5, 0.6) is 11.5 Å². The van der Waals surface area contributed by atoms with Gasteiger partial charge in [0.25, 0.3) is 0 Å². The van der Waals surface area contributed by atoms with E-state index in [1.807, 2.05) is 19.1 Å². The maximum absolute atomic E-state index is 12.3. The molecule has 0 aliphatic carbocycles. The number of hydrogen-bond acceptors (Lipinski definition) is 5. The predicted molar refractivity (Wildman–Crippen MR) is 85.1 cm³/mol. The summed E-state index contributed by atoms with van der Waals surface area (Å²) in [6.45, 7) is 3.56. The smallest absolute Gasteiger partial charge is 0.247 e. The van der Waals surface area contributed by atoms with Crippen LogP contribution >= 0.6 is 0 Å². The summed E-state index contributed by atoms with van der Waals surface area (Å²) in [7, 11) is 1.58. The molecule has 1 aliphatic rings. The topological polar surface area (TPSA) is 71.8 Å². The number of nitriles is 1. The van der Waals surface area contributed by atoms with Gasteiger partial charge in [0.05, 0.1) is 33.0 Å². The van der Waals surface area contributed by atoms with E-state index in [0.29, 0.717) is 31.3 Å². The minimum Gasteiger partial charge on any atom is -0.493 e. The quantitative estimate of drug-likeness (QED) is 0.775. The van der Waals surface area contributed by atoms with Gasteiger partial charge in [0.2, 0.25) is 5.91 Å². The lowest BCUT2D eigenvalue weighted by Gasteiger charge is -2.30. The van der Waals surface area contributed by atoms with Crippen molar-refractivity contribution in [3.63, 3.8) is 0 Å². The van der Waals surface area contributed by atoms with Gasteiger partial charge in [-0.15, -0.1) is 0 Å². The van der Waals surface area contributed by atoms with Crippen LogP contribution in [0, 0.1) is 11.3 Å². The summed E-state index contributed by atoms with van der Waals surface area (Å²) < 4.78 is 16.0. The number of benzene rings is 1. The summed E-state index contributed by atoms with van der Waals surface area (Å²) in [5.41, 5.74) is 0.823. The molecule has 1 aliphatic heterocycles. The number of methoxy groups -OCH3 is 1. The fourth-order valence-corrected chi connectivity index (χ4v) is 2.30. The summed E-state index contributed by atoms with van der Waals surface area (Å²) in [5.74, 6) is 1.08. The Hall–Kier alpha value is -2.52. The average Bonchev–Trinajstić information content (AvgIpc) is 2.60. The molecule has 1 amide bonds. The third kappa shape index (κ3) is 4.24. The number of morpholine rings is 1. The second-order valence-electron chi connectivity index (χ2n) is 4.93. The molecule has 0 N–H and O–H groups in total. The van der Waals surface area contributed by atoms with Gasteiger partial charge in [-0.05, 0) is 30.7 Å². The van der Waals surface area contributed by atoms with Crippen molar-refractivity contribution in [3.05, 3.63) is 29.8 Å². The molecule has 23 heavy (non-hydrogen) atoms. The highest BCUT2D eigenvalue weighted by molar-refractivity contribution is 5.92. The van der Waals surface area contributed by atoms with E-state index < -0.39 is 6.04 Å². The van der Waals surface area contributed by atoms with Crippen molar-refractivity contribution in [1.82, 2.24) is 4.90 Å². The Labute approximate surface area is 135 Å². The van der Waals surface area contributed by atoms with Gasteiger partial charge in [0, 0.05) is 12.6 Å². The van der Waals surface area contributed by atoms with E-state index in [1.54, 1.807) is 19.3 Å². The van der Waals surface area contributed by atoms with Crippen LogP contribution in [0.25, 0.3) is 6.08 Å². The average molecular weight is 316 g/mol. The van der Waals surface area contributed by atoms with Crippen molar-refractivity contribution < 1.29 is 19.0 Å². The molecule has 1 aromatic rings. The number of amides is 1. The Morgan fingerprint density at radius 2 is 2.35 bits per heavy atom. The molecule has 122 valence electrons. The fourth-order valence-electron chi connectivity index (χ4n) is 2.30. The van der Waals surface area contributed by atoms with Crippen LogP contribution < -0.4 is 9.47 Å². The third-order valence-corrected chi connectivity index (χ3v) is 3.47. The number of rotatable bonds is 5. The molecule has 0 saturated carbocycles. The highest BCUT2D eigenvalue weighted by atomic mass is 16.5. The van der Waals surface area contributed by atoms with Gasteiger partial charge in [-0.3, -0.25) is 4.79 Å². The first-order valence-corrected chi connectivity index (χ1v) is 7.46. The molecular weight excluding hydrogens is 296 g/mol. The van der Waals surface area contributed by atoms with Gasteiger partial charge >= 0.3 is 0 Å². The van der Waals surface area contributed by atoms with Crippen LogP contribution in [0.3, 0.4) is 0 Å². The van der Waals surface area contributed by atoms with Gasteiger partial charge < -0.3 is 19.1 Å². The molecule has 1 heterocycles. The lowest BCUT2D eigenvalue weighted by molar-refractivity contribution is -0.132. The van der Waals surface area contributed by atoms with Gasteiger partial charge in [0.15, 0.2) is 11.5 Å². The van der Waals surface area contributed by atoms with Crippen LogP contribution in [0.15, 0.2) is 24.3 Å². The number of carbonyl (C=O) groups excluding carboxylic acids is 1. The Kier molecular flexibility index (Phi) is 6.01. The normalized spacial score (nSPS) is 17.8. The summed E-state index contributed by atoms with van der Waals surface area (Å²) in [4.78, 5) is 13.8. The molecule has 0 radical (unpaired) electrons. The summed E-state index contributed by atoms with van der Waals surface area (Å²) in [6, 6.07) is 7.00. The lowest BCUT2D eigenvalue weighted by Crippen LogP contribution is -2.47. The Bertz CT molecular complexity index is 622. The molecule has 1 unspecified atom stereocenters. The standard InChI is InChI=1S/C17H20N2O4/c1-3-23-16-10-13(4-6-15(16)21-2)5-7-17(20)19-8-9-22-12-14(19)11-18/h4-7,10,14H,3,8-9,12H2,1-2H3/b7-5+. The van der Waals surface area contributed by atoms with Crippen molar-refractivity contribution in [1.29, 1.82) is 5.26 Å². The summed E-state index contributed by atoms with van der Waals surface area (Å²) >= 11 is 0. The van der Waals surface area contributed by atoms with E-state index in [1.165, 1.54) is 11.0 Å². The highest BCUT2D eigenvalue weighted by Gasteiger charge is 2.25. The molecule has 0 aromatic heterocycles. The van der Waals surface area contributed by atoms with Crippen molar-refractivity contribution in [2.45, 2.75) is 13.0 Å². The summed E-state index contributed by atoms with van der Waals surface area (Å²) in [6.07, 6.45) is 3.17. The second kappa shape index (κ2) is 8.20. The second-order valence-corrected chi connectivity index (χ2v) is 4.93. The molecule has 6 nitrogen and oxygen atoms in total. The predicted octanol–water partition coefficient (Wildman–Crippen LogP) is 1.86. The first-order valence-electron chi connectivity index (χ1n) is 7.46. The molecule has 1 saturated heterocycles. The highest BCUT2D eigenvalue weighted by Crippen LogP contribution is 2.28. The molecule has 0 spiro atoms. The van der Waals surface area contributed by atoms with Crippen LogP contribution in [0.4, 0.5) is 0 Å². The molecule has 1 aromatic carbocycles. The van der Waals surface area contributed by atoms with Crippen LogP contribution in [0.2, 0.25) is 0 Å². The molecule has 1 fully saturated rings. The van der Waals surface area contributed by atoms with E-state index in [-0.39, 0.29) is 12.5 Å². The van der Waals surface area contributed by atoms with E-state index in [2.05, 4.69) is 6.07 Å². The van der Waals surface area contributed by atoms with Crippen molar-refractivity contribution in [2.24, 2.45) is 0 Å². The molecule has 0 bridgehead atoms. The van der Waals surface area contributed by atoms with Crippen LogP contribution in [-0.4, -0.2) is 50.3 Å². The minimum absolute atomic E-state index is 0.200. The van der Waals surface area contributed by atoms with E-state index >= 15 is 0 Å². The number of nitrogens with zero attached hydrogens (tertiary/aromatic N) is 2. The van der Waals surface area contributed by atoms with E-state index in [0.717, 1.165) is 5.56 Å². The SMILES string of the molecule is CCOc1cc(/C=C/C(=O)N2CCOCC2C#N)ccc1OC. The Morgan fingerprint density at radius 1 is 1.52 bits per heavy atom. The van der Waals surface area contributed by atoms with Crippen molar-refractivity contribution in [2.75, 3.05) is 33.5 Å². The Morgan fingerprint density at radius 3 is 3.04 bits per heavy atom. The molecule has 1 atom stereocenters. The Balaban J connectivity index is 2.11. The lowest BCUT2D eigenvalue weighted by atomic mass is 10.1. The van der Waals surface area contributed by atoms with Crippen LogP contribution in [-0.2, 0) is 9.53 Å². The van der Waals surface area contributed by atoms with Gasteiger partial charge in [-0.1, -0.05) is 6.07 Å². The van der Waals surface area contributed by atoms with Crippen molar-refractivity contribution in [3.8, 4) is 17.6 Å². The number of carbonyl (C=O) groups is 1. The minimum atomic E-state index is -0.532. The first-order chi connectivity index (χ1) is 11.2. The zero-order valence-corrected chi connectivity index (χ0v) is 13.3. The first kappa shape index (κ1) is 16.8. The maximum Gasteiger partial charge on any atom is 0.247 e. The van der Waals surface area contributed by atoms with Crippen LogP contribution in [0.1, 0.15) is 12.5 Å². The van der Waals surface area contributed by atoms with Gasteiger partial charge in [-0.25, -0.2) is 0 Å².